The van der Waals surface area contributed by atoms with Gasteiger partial charge in [-0.3, -0.25) is 0 Å². The predicted molar refractivity (Wildman–Crippen MR) is 133 cm³/mol. The first-order chi connectivity index (χ1) is 13.2. The molecule has 2 unspecified atom stereocenters. The van der Waals surface area contributed by atoms with Crippen LogP contribution in [-0.4, -0.2) is 42.5 Å². The fourth-order valence-electron chi connectivity index (χ4n) is 3.78. The fourth-order valence-corrected chi connectivity index (χ4v) is 3.78. The van der Waals surface area contributed by atoms with Crippen molar-refractivity contribution in [1.29, 1.82) is 0 Å². The Morgan fingerprint density at radius 3 is 1.89 bits per heavy atom. The highest BCUT2D eigenvalue weighted by Gasteiger charge is 2.33. The molecule has 0 saturated heterocycles. The highest BCUT2D eigenvalue weighted by molar-refractivity contribution is 5.17. The number of allylic oxidation sites excluding steroid dienone is 1. The van der Waals surface area contributed by atoms with Crippen LogP contribution in [0.1, 0.15) is 101 Å². The second kappa shape index (κ2) is 19.6. The summed E-state index contributed by atoms with van der Waals surface area (Å²) in [7, 11) is 4.21. The summed E-state index contributed by atoms with van der Waals surface area (Å²) in [5.74, 6) is 1.52. The molecule has 0 spiro atoms. The van der Waals surface area contributed by atoms with Gasteiger partial charge in [0.05, 0.1) is 0 Å². The lowest BCUT2D eigenvalue weighted by molar-refractivity contribution is 0.0946. The Bertz CT molecular complexity index is 371. The molecule has 28 heavy (non-hydrogen) atoms. The average Bonchev–Trinajstić information content (AvgIpc) is 2.67. The van der Waals surface area contributed by atoms with Gasteiger partial charge in [-0.25, -0.2) is 0 Å². The molecule has 0 aromatic carbocycles. The van der Waals surface area contributed by atoms with Crippen LogP contribution in [0.2, 0.25) is 0 Å². The molecule has 0 radical (unpaired) electrons. The van der Waals surface area contributed by atoms with Gasteiger partial charge in [-0.2, -0.15) is 0 Å². The van der Waals surface area contributed by atoms with Crippen molar-refractivity contribution < 1.29 is 0 Å². The molecule has 0 N–H and O–H groups in total. The van der Waals surface area contributed by atoms with E-state index in [0.29, 0.717) is 0 Å². The van der Waals surface area contributed by atoms with Crippen molar-refractivity contribution in [3.8, 4) is 0 Å². The minimum absolute atomic E-state index is 0.204. The summed E-state index contributed by atoms with van der Waals surface area (Å²) in [6.45, 7) is 28.6. The third-order valence-corrected chi connectivity index (χ3v) is 5.18. The number of nitrogens with zero attached hydrogens (tertiary/aromatic N) is 2. The SMILES string of the molecule is C=C(/C=C/CN(C)C)N(CCC)C(C)(CCC)CC(CC)C(C)C.CC.CC. The molecular formula is C26H56N2. The van der Waals surface area contributed by atoms with Gasteiger partial charge in [-0.15, -0.1) is 0 Å². The lowest BCUT2D eigenvalue weighted by atomic mass is 9.78. The standard InChI is InChI=1S/C22H44N2.2C2H6/c1-10-15-22(7,18-21(12-3)19(4)5)24(16-11-2)20(6)14-13-17-23(8)9;2*1-2/h13-14,19,21H,6,10-12,15-18H2,1-5,7-9H3;2*1-2H3/b14-13+;;. The molecule has 0 aromatic heterocycles. The molecule has 0 heterocycles. The number of rotatable bonds is 13. The first-order valence-corrected chi connectivity index (χ1v) is 12.0. The zero-order valence-electron chi connectivity index (χ0n) is 21.9. The second-order valence-corrected chi connectivity index (χ2v) is 8.17. The van der Waals surface area contributed by atoms with Gasteiger partial charge in [0.2, 0.25) is 0 Å². The maximum absolute atomic E-state index is 4.42. The van der Waals surface area contributed by atoms with Crippen LogP contribution < -0.4 is 0 Å². The summed E-state index contributed by atoms with van der Waals surface area (Å²) >= 11 is 0. The van der Waals surface area contributed by atoms with Crippen molar-refractivity contribution in [2.45, 2.75) is 107 Å². The molecule has 2 heteroatoms. The summed E-state index contributed by atoms with van der Waals surface area (Å²) in [6, 6.07) is 0. The van der Waals surface area contributed by atoms with E-state index in [1.54, 1.807) is 0 Å². The number of likely N-dealkylation sites (N-methyl/N-ethyl adjacent to an activating group) is 1. The monoisotopic (exact) mass is 396 g/mol. The van der Waals surface area contributed by atoms with Crippen molar-refractivity contribution in [3.05, 3.63) is 24.4 Å². The minimum Gasteiger partial charge on any atom is -0.367 e. The largest absolute Gasteiger partial charge is 0.367 e. The van der Waals surface area contributed by atoms with E-state index in [1.165, 1.54) is 31.4 Å². The fraction of sp³-hybridized carbons (Fsp3) is 0.846. The first kappa shape index (κ1) is 31.9. The maximum Gasteiger partial charge on any atom is 0.0376 e. The molecule has 0 fully saturated rings. The predicted octanol–water partition coefficient (Wildman–Crippen LogP) is 8.01. The van der Waals surface area contributed by atoms with Crippen LogP contribution in [0.3, 0.4) is 0 Å². The normalized spacial score (nSPS) is 14.1. The Labute approximate surface area is 180 Å². The van der Waals surface area contributed by atoms with Gasteiger partial charge < -0.3 is 9.80 Å². The van der Waals surface area contributed by atoms with Crippen LogP contribution in [-0.2, 0) is 0 Å². The Balaban J connectivity index is -0.00000146. The summed E-state index contributed by atoms with van der Waals surface area (Å²) in [6.07, 6.45) is 10.6. The van der Waals surface area contributed by atoms with E-state index in [9.17, 15) is 0 Å². The molecule has 0 aliphatic carbocycles. The number of hydrogen-bond acceptors (Lipinski definition) is 2. The summed E-state index contributed by atoms with van der Waals surface area (Å²) in [5, 5.41) is 0. The van der Waals surface area contributed by atoms with Gasteiger partial charge in [0.1, 0.15) is 0 Å². The molecule has 0 aliphatic heterocycles. The average molecular weight is 397 g/mol. The zero-order chi connectivity index (χ0) is 22.8. The van der Waals surface area contributed by atoms with Crippen molar-refractivity contribution in [3.63, 3.8) is 0 Å². The number of hydrogen-bond donors (Lipinski definition) is 0. The molecule has 0 aromatic rings. The maximum atomic E-state index is 4.42. The van der Waals surface area contributed by atoms with Crippen LogP contribution in [0.15, 0.2) is 24.4 Å². The van der Waals surface area contributed by atoms with Crippen molar-refractivity contribution in [2.24, 2.45) is 11.8 Å². The second-order valence-electron chi connectivity index (χ2n) is 8.17. The quantitative estimate of drug-likeness (QED) is 0.291. The van der Waals surface area contributed by atoms with E-state index >= 15 is 0 Å². The Kier molecular flexibility index (Phi) is 22.3. The smallest absolute Gasteiger partial charge is 0.0376 e. The van der Waals surface area contributed by atoms with Crippen molar-refractivity contribution >= 4 is 0 Å². The van der Waals surface area contributed by atoms with Crippen LogP contribution in [0.5, 0.6) is 0 Å². The van der Waals surface area contributed by atoms with Gasteiger partial charge in [0.15, 0.2) is 0 Å². The Morgan fingerprint density at radius 1 is 1.00 bits per heavy atom. The molecule has 2 nitrogen and oxygen atoms in total. The Hall–Kier alpha value is -0.760. The van der Waals surface area contributed by atoms with E-state index in [1.807, 2.05) is 27.7 Å². The molecule has 0 saturated carbocycles. The third kappa shape index (κ3) is 13.4. The van der Waals surface area contributed by atoms with Crippen LogP contribution in [0.25, 0.3) is 0 Å². The third-order valence-electron chi connectivity index (χ3n) is 5.18. The molecule has 170 valence electrons. The highest BCUT2D eigenvalue weighted by Crippen LogP contribution is 2.35. The van der Waals surface area contributed by atoms with E-state index in [4.69, 9.17) is 0 Å². The lowest BCUT2D eigenvalue weighted by Gasteiger charge is -2.46. The molecule has 0 aliphatic rings. The Morgan fingerprint density at radius 2 is 1.54 bits per heavy atom. The van der Waals surface area contributed by atoms with E-state index in [2.05, 4.69) is 84.2 Å². The van der Waals surface area contributed by atoms with E-state index in [0.717, 1.165) is 31.3 Å². The van der Waals surface area contributed by atoms with Gasteiger partial charge >= 0.3 is 0 Å². The van der Waals surface area contributed by atoms with Crippen LogP contribution in [0.4, 0.5) is 0 Å². The van der Waals surface area contributed by atoms with Crippen molar-refractivity contribution in [1.82, 2.24) is 9.80 Å². The van der Waals surface area contributed by atoms with Gasteiger partial charge in [-0.05, 0) is 58.2 Å². The molecule has 0 amide bonds. The van der Waals surface area contributed by atoms with Gasteiger partial charge in [0.25, 0.3) is 0 Å². The summed E-state index contributed by atoms with van der Waals surface area (Å²) in [4.78, 5) is 4.78. The van der Waals surface area contributed by atoms with Crippen LogP contribution >= 0.6 is 0 Å². The summed E-state index contributed by atoms with van der Waals surface area (Å²) in [5.41, 5.74) is 1.38. The van der Waals surface area contributed by atoms with Crippen LogP contribution in [0, 0.1) is 11.8 Å². The minimum atomic E-state index is 0.204. The topological polar surface area (TPSA) is 6.48 Å². The van der Waals surface area contributed by atoms with E-state index in [-0.39, 0.29) is 5.54 Å². The van der Waals surface area contributed by atoms with E-state index < -0.39 is 0 Å². The molecule has 0 bridgehead atoms. The highest BCUT2D eigenvalue weighted by atomic mass is 15.2. The molecular weight excluding hydrogens is 340 g/mol. The lowest BCUT2D eigenvalue weighted by Crippen LogP contribution is -2.47. The molecule has 0 rings (SSSR count). The first-order valence-electron chi connectivity index (χ1n) is 12.0. The van der Waals surface area contributed by atoms with Gasteiger partial charge in [-0.1, -0.05) is 87.8 Å². The molecule has 2 atom stereocenters. The summed E-state index contributed by atoms with van der Waals surface area (Å²) < 4.78 is 0. The zero-order valence-corrected chi connectivity index (χ0v) is 21.9. The van der Waals surface area contributed by atoms with Crippen molar-refractivity contribution in [2.75, 3.05) is 27.2 Å². The van der Waals surface area contributed by atoms with Gasteiger partial charge in [0, 0.05) is 24.3 Å².